The quantitative estimate of drug-likeness (QED) is 0.287. The van der Waals surface area contributed by atoms with E-state index >= 15 is 0 Å². The van der Waals surface area contributed by atoms with Crippen LogP contribution in [0.3, 0.4) is 0 Å². The number of benzene rings is 2. The van der Waals surface area contributed by atoms with Crippen molar-refractivity contribution in [2.75, 3.05) is 19.6 Å². The number of hydrogen-bond acceptors (Lipinski definition) is 5. The van der Waals surface area contributed by atoms with Gasteiger partial charge in [0, 0.05) is 57.0 Å². The van der Waals surface area contributed by atoms with Crippen LogP contribution in [0.4, 0.5) is 0 Å². The molecule has 1 aromatic heterocycles. The summed E-state index contributed by atoms with van der Waals surface area (Å²) in [6.45, 7) is 7.01. The van der Waals surface area contributed by atoms with Crippen LogP contribution in [0.25, 0.3) is 10.8 Å². The number of aliphatic hydroxyl groups excluding tert-OH is 1. The second kappa shape index (κ2) is 13.3. The highest BCUT2D eigenvalue weighted by Gasteiger charge is 2.39. The summed E-state index contributed by atoms with van der Waals surface area (Å²) in [7, 11) is 1.96. The Morgan fingerprint density at radius 3 is 2.49 bits per heavy atom. The Morgan fingerprint density at radius 1 is 1.02 bits per heavy atom. The summed E-state index contributed by atoms with van der Waals surface area (Å²) in [4.78, 5) is 41.5. The third kappa shape index (κ3) is 7.95. The van der Waals surface area contributed by atoms with E-state index in [2.05, 4.69) is 16.0 Å². The number of carbonyl (C=O) groups excluding carboxylic acids is 3. The average molecular weight is 562 g/mol. The number of nitrogens with zero attached hydrogens (tertiary/aromatic N) is 2. The molecular formula is C32H43N5O4. The monoisotopic (exact) mass is 561 g/mol. The summed E-state index contributed by atoms with van der Waals surface area (Å²) in [5, 5.41) is 21.6. The molecule has 2 heterocycles. The summed E-state index contributed by atoms with van der Waals surface area (Å²) in [6.07, 6.45) is 2.74. The molecule has 3 amide bonds. The van der Waals surface area contributed by atoms with Crippen LogP contribution in [0.15, 0.2) is 60.8 Å². The SMILES string of the molecule is Cn1cccc1CNCC(O)CNC(=O)[C@@H](Cc1ccc2ccccc2c1)NC(=O)C1CCCN1C(=O)C(C)(C)C. The third-order valence-corrected chi connectivity index (χ3v) is 7.59. The molecule has 3 atom stereocenters. The third-order valence-electron chi connectivity index (χ3n) is 7.59. The van der Waals surface area contributed by atoms with Crippen LogP contribution >= 0.6 is 0 Å². The van der Waals surface area contributed by atoms with Crippen LogP contribution < -0.4 is 16.0 Å². The van der Waals surface area contributed by atoms with Crippen molar-refractivity contribution >= 4 is 28.5 Å². The lowest BCUT2D eigenvalue weighted by Gasteiger charge is -2.31. The van der Waals surface area contributed by atoms with Crippen molar-refractivity contribution in [3.63, 3.8) is 0 Å². The van der Waals surface area contributed by atoms with Crippen LogP contribution in [0.5, 0.6) is 0 Å². The summed E-state index contributed by atoms with van der Waals surface area (Å²) >= 11 is 0. The Labute approximate surface area is 242 Å². The van der Waals surface area contributed by atoms with Crippen LogP contribution in [-0.2, 0) is 34.4 Å². The van der Waals surface area contributed by atoms with Crippen molar-refractivity contribution < 1.29 is 19.5 Å². The molecule has 0 spiro atoms. The smallest absolute Gasteiger partial charge is 0.243 e. The van der Waals surface area contributed by atoms with E-state index in [1.165, 1.54) is 0 Å². The summed E-state index contributed by atoms with van der Waals surface area (Å²) in [6, 6.07) is 16.5. The van der Waals surface area contributed by atoms with Gasteiger partial charge in [0.2, 0.25) is 17.7 Å². The molecule has 4 rings (SSSR count). The highest BCUT2D eigenvalue weighted by Crippen LogP contribution is 2.26. The molecule has 1 aliphatic rings. The van der Waals surface area contributed by atoms with Crippen molar-refractivity contribution in [2.45, 2.75) is 64.8 Å². The Kier molecular flexibility index (Phi) is 9.83. The topological polar surface area (TPSA) is 116 Å². The van der Waals surface area contributed by atoms with Crippen molar-refractivity contribution in [2.24, 2.45) is 12.5 Å². The first-order chi connectivity index (χ1) is 19.5. The molecular weight excluding hydrogens is 518 g/mol. The predicted octanol–water partition coefficient (Wildman–Crippen LogP) is 2.51. The maximum atomic E-state index is 13.5. The number of fused-ring (bicyclic) bond motifs is 1. The highest BCUT2D eigenvalue weighted by molar-refractivity contribution is 5.93. The molecule has 1 fully saturated rings. The van der Waals surface area contributed by atoms with Gasteiger partial charge in [0.25, 0.3) is 0 Å². The van der Waals surface area contributed by atoms with Gasteiger partial charge in [-0.25, -0.2) is 0 Å². The van der Waals surface area contributed by atoms with E-state index in [1.54, 1.807) is 4.90 Å². The minimum Gasteiger partial charge on any atom is -0.390 e. The van der Waals surface area contributed by atoms with Crippen molar-refractivity contribution in [3.8, 4) is 0 Å². The van der Waals surface area contributed by atoms with E-state index in [0.29, 0.717) is 26.1 Å². The number of hydrogen-bond donors (Lipinski definition) is 4. The van der Waals surface area contributed by atoms with Gasteiger partial charge in [0.15, 0.2) is 0 Å². The molecule has 1 aliphatic heterocycles. The summed E-state index contributed by atoms with van der Waals surface area (Å²) in [5.41, 5.74) is 1.39. The van der Waals surface area contributed by atoms with Gasteiger partial charge in [-0.05, 0) is 41.3 Å². The minimum absolute atomic E-state index is 0.0428. The molecule has 0 radical (unpaired) electrons. The van der Waals surface area contributed by atoms with Gasteiger partial charge in [0.05, 0.1) is 6.10 Å². The van der Waals surface area contributed by atoms with E-state index in [9.17, 15) is 19.5 Å². The first-order valence-corrected chi connectivity index (χ1v) is 14.4. The van der Waals surface area contributed by atoms with E-state index < -0.39 is 23.6 Å². The second-order valence-corrected chi connectivity index (χ2v) is 12.0. The number of rotatable bonds is 11. The molecule has 1 saturated heterocycles. The van der Waals surface area contributed by atoms with E-state index in [4.69, 9.17) is 0 Å². The lowest BCUT2D eigenvalue weighted by molar-refractivity contribution is -0.145. The van der Waals surface area contributed by atoms with Gasteiger partial charge in [-0.15, -0.1) is 0 Å². The zero-order chi connectivity index (χ0) is 29.6. The fourth-order valence-corrected chi connectivity index (χ4v) is 5.25. The normalized spacial score (nSPS) is 16.9. The average Bonchev–Trinajstić information content (AvgIpc) is 3.59. The summed E-state index contributed by atoms with van der Waals surface area (Å²) in [5.74, 6) is -0.776. The number of aliphatic hydroxyl groups is 1. The van der Waals surface area contributed by atoms with Crippen LogP contribution in [0.2, 0.25) is 0 Å². The molecule has 9 heteroatoms. The van der Waals surface area contributed by atoms with Crippen molar-refractivity contribution in [1.29, 1.82) is 0 Å². The van der Waals surface area contributed by atoms with Gasteiger partial charge < -0.3 is 30.5 Å². The Morgan fingerprint density at radius 2 is 1.78 bits per heavy atom. The predicted molar refractivity (Wildman–Crippen MR) is 160 cm³/mol. The van der Waals surface area contributed by atoms with Gasteiger partial charge in [-0.3, -0.25) is 14.4 Å². The standard InChI is InChI=1S/C32H43N5O4/c1-32(2,3)31(41)37-16-8-12-28(37)30(40)35-27(18-22-13-14-23-9-5-6-10-24(23)17-22)29(39)34-21-26(38)20-33-19-25-11-7-15-36(25)4/h5-7,9-11,13-15,17,26-28,33,38H,8,12,16,18-21H2,1-4H3,(H,34,39)(H,35,40)/t26?,27-,28?/m1/s1. The molecule has 0 bridgehead atoms. The number of likely N-dealkylation sites (tertiary alicyclic amines) is 1. The minimum atomic E-state index is -0.862. The van der Waals surface area contributed by atoms with E-state index in [1.807, 2.05) is 93.2 Å². The number of aromatic nitrogens is 1. The van der Waals surface area contributed by atoms with Gasteiger partial charge >= 0.3 is 0 Å². The highest BCUT2D eigenvalue weighted by atomic mass is 16.3. The maximum absolute atomic E-state index is 13.5. The van der Waals surface area contributed by atoms with E-state index in [0.717, 1.165) is 28.5 Å². The first-order valence-electron chi connectivity index (χ1n) is 14.4. The number of aryl methyl sites for hydroxylation is 1. The van der Waals surface area contributed by atoms with Crippen molar-refractivity contribution in [3.05, 3.63) is 72.1 Å². The van der Waals surface area contributed by atoms with E-state index in [-0.39, 0.29) is 30.7 Å². The molecule has 2 aromatic carbocycles. The zero-order valence-corrected chi connectivity index (χ0v) is 24.5. The van der Waals surface area contributed by atoms with Crippen LogP contribution in [0.1, 0.15) is 44.9 Å². The number of amides is 3. The maximum Gasteiger partial charge on any atom is 0.243 e. The van der Waals surface area contributed by atoms with Gasteiger partial charge in [0.1, 0.15) is 12.1 Å². The van der Waals surface area contributed by atoms with Gasteiger partial charge in [-0.1, -0.05) is 63.2 Å². The Balaban J connectivity index is 1.42. The number of carbonyl (C=O) groups is 3. The summed E-state index contributed by atoms with van der Waals surface area (Å²) < 4.78 is 2.00. The lowest BCUT2D eigenvalue weighted by atomic mass is 9.94. The molecule has 220 valence electrons. The molecule has 4 N–H and O–H groups in total. The fourth-order valence-electron chi connectivity index (χ4n) is 5.25. The molecule has 9 nitrogen and oxygen atoms in total. The Hall–Kier alpha value is -3.69. The second-order valence-electron chi connectivity index (χ2n) is 12.0. The molecule has 0 aliphatic carbocycles. The van der Waals surface area contributed by atoms with Crippen LogP contribution in [-0.4, -0.2) is 70.1 Å². The molecule has 2 unspecified atom stereocenters. The largest absolute Gasteiger partial charge is 0.390 e. The molecule has 41 heavy (non-hydrogen) atoms. The fraction of sp³-hybridized carbons (Fsp3) is 0.469. The molecule has 3 aromatic rings. The Bertz CT molecular complexity index is 1360. The van der Waals surface area contributed by atoms with Crippen LogP contribution in [0, 0.1) is 5.41 Å². The zero-order valence-electron chi connectivity index (χ0n) is 24.5. The van der Waals surface area contributed by atoms with Crippen molar-refractivity contribution in [1.82, 2.24) is 25.4 Å². The lowest BCUT2D eigenvalue weighted by Crippen LogP contribution is -2.55. The van der Waals surface area contributed by atoms with Gasteiger partial charge in [-0.2, -0.15) is 0 Å². The first kappa shape index (κ1) is 30.3. The number of nitrogens with one attached hydrogen (secondary N) is 3. The molecule has 0 saturated carbocycles.